The fraction of sp³-hybridized carbons (Fsp3) is 0.467. The normalized spacial score (nSPS) is 12.3. The van der Waals surface area contributed by atoms with Gasteiger partial charge in [0.05, 0.1) is 16.4 Å². The zero-order valence-corrected chi connectivity index (χ0v) is 11.8. The van der Waals surface area contributed by atoms with E-state index in [4.69, 9.17) is 0 Å². The van der Waals surface area contributed by atoms with Gasteiger partial charge in [-0.3, -0.25) is 4.79 Å². The highest BCUT2D eigenvalue weighted by Gasteiger charge is 2.29. The molecule has 2 N–H and O–H groups in total. The molecule has 4 nitrogen and oxygen atoms in total. The van der Waals surface area contributed by atoms with Crippen LogP contribution in [0.15, 0.2) is 18.2 Å². The Kier molecular flexibility index (Phi) is 3.35. The van der Waals surface area contributed by atoms with Gasteiger partial charge in [0.2, 0.25) is 0 Å². The summed E-state index contributed by atoms with van der Waals surface area (Å²) in [6.45, 7) is 7.71. The van der Waals surface area contributed by atoms with Crippen LogP contribution in [0.3, 0.4) is 0 Å². The Morgan fingerprint density at radius 1 is 1.42 bits per heavy atom. The van der Waals surface area contributed by atoms with Gasteiger partial charge in [0.1, 0.15) is 5.82 Å². The van der Waals surface area contributed by atoms with E-state index in [0.29, 0.717) is 5.92 Å². The van der Waals surface area contributed by atoms with Gasteiger partial charge < -0.3 is 10.1 Å². The molecule has 0 aliphatic carbocycles. The van der Waals surface area contributed by atoms with Crippen molar-refractivity contribution >= 4 is 17.0 Å². The second-order valence-corrected chi connectivity index (χ2v) is 5.94. The molecule has 0 bridgehead atoms. The van der Waals surface area contributed by atoms with Crippen molar-refractivity contribution in [3.8, 4) is 0 Å². The number of rotatable bonds is 4. The summed E-state index contributed by atoms with van der Waals surface area (Å²) in [5.41, 5.74) is 1.69. The standard InChI is InChI=1S/C15H20N2O2/c1-9(2)7-13-16-11-6-5-10(8-12(11)17-13)15(3,4)14(18)19/h5-6,8-9H,7H2,1-4H3,(H,16,17)(H,18,19). The van der Waals surface area contributed by atoms with Crippen LogP contribution < -0.4 is 0 Å². The first kappa shape index (κ1) is 13.6. The van der Waals surface area contributed by atoms with Gasteiger partial charge in [-0.25, -0.2) is 4.98 Å². The Morgan fingerprint density at radius 3 is 2.68 bits per heavy atom. The van der Waals surface area contributed by atoms with Crippen LogP contribution in [-0.2, 0) is 16.6 Å². The number of carbonyl (C=O) groups is 1. The Hall–Kier alpha value is -1.84. The Balaban J connectivity index is 2.43. The first-order chi connectivity index (χ1) is 8.80. The molecular weight excluding hydrogens is 240 g/mol. The lowest BCUT2D eigenvalue weighted by Crippen LogP contribution is -2.28. The summed E-state index contributed by atoms with van der Waals surface area (Å²) >= 11 is 0. The van der Waals surface area contributed by atoms with Crippen LogP contribution in [0.1, 0.15) is 39.1 Å². The lowest BCUT2D eigenvalue weighted by molar-refractivity contribution is -0.142. The first-order valence-corrected chi connectivity index (χ1v) is 6.53. The summed E-state index contributed by atoms with van der Waals surface area (Å²) in [5.74, 6) is 0.666. The largest absolute Gasteiger partial charge is 0.481 e. The molecule has 1 aromatic carbocycles. The number of imidazole rings is 1. The molecule has 0 atom stereocenters. The molecule has 0 amide bonds. The maximum absolute atomic E-state index is 11.3. The number of aromatic amines is 1. The summed E-state index contributed by atoms with van der Waals surface area (Å²) in [7, 11) is 0. The summed E-state index contributed by atoms with van der Waals surface area (Å²) in [6.07, 6.45) is 0.895. The number of aliphatic carboxylic acids is 1. The van der Waals surface area contributed by atoms with Gasteiger partial charge in [0.15, 0.2) is 0 Å². The lowest BCUT2D eigenvalue weighted by Gasteiger charge is -2.19. The molecule has 1 aromatic heterocycles. The van der Waals surface area contributed by atoms with Crippen LogP contribution in [0.5, 0.6) is 0 Å². The van der Waals surface area contributed by atoms with Crippen molar-refractivity contribution in [1.29, 1.82) is 0 Å². The number of hydrogen-bond acceptors (Lipinski definition) is 2. The summed E-state index contributed by atoms with van der Waals surface area (Å²) in [5, 5.41) is 9.27. The number of aromatic nitrogens is 2. The average Bonchev–Trinajstić information content (AvgIpc) is 2.68. The van der Waals surface area contributed by atoms with Crippen molar-refractivity contribution in [3.05, 3.63) is 29.6 Å². The number of H-pyrrole nitrogens is 1. The SMILES string of the molecule is CC(C)Cc1nc2ccc(C(C)(C)C(=O)O)cc2[nH]1. The van der Waals surface area contributed by atoms with Crippen molar-refractivity contribution in [2.75, 3.05) is 0 Å². The molecule has 0 fully saturated rings. The average molecular weight is 260 g/mol. The Labute approximate surface area is 112 Å². The highest BCUT2D eigenvalue weighted by Crippen LogP contribution is 2.26. The predicted molar refractivity (Wildman–Crippen MR) is 75.3 cm³/mol. The number of fused-ring (bicyclic) bond motifs is 1. The van der Waals surface area contributed by atoms with Crippen molar-refractivity contribution in [3.63, 3.8) is 0 Å². The second-order valence-electron chi connectivity index (χ2n) is 5.94. The molecule has 19 heavy (non-hydrogen) atoms. The maximum atomic E-state index is 11.3. The first-order valence-electron chi connectivity index (χ1n) is 6.53. The van der Waals surface area contributed by atoms with Gasteiger partial charge in [-0.2, -0.15) is 0 Å². The topological polar surface area (TPSA) is 66.0 Å². The molecule has 0 aliphatic heterocycles. The van der Waals surface area contributed by atoms with Crippen LogP contribution in [0.4, 0.5) is 0 Å². The Bertz CT molecular complexity index is 612. The predicted octanol–water partition coefficient (Wildman–Crippen LogP) is 3.12. The van der Waals surface area contributed by atoms with Crippen molar-refractivity contribution in [1.82, 2.24) is 9.97 Å². The van der Waals surface area contributed by atoms with Crippen molar-refractivity contribution in [2.24, 2.45) is 5.92 Å². The van der Waals surface area contributed by atoms with E-state index >= 15 is 0 Å². The van der Waals surface area contributed by atoms with Crippen LogP contribution in [0, 0.1) is 5.92 Å². The van der Waals surface area contributed by atoms with E-state index in [9.17, 15) is 9.90 Å². The number of nitrogens with one attached hydrogen (secondary N) is 1. The third-order valence-electron chi connectivity index (χ3n) is 3.39. The fourth-order valence-electron chi connectivity index (χ4n) is 2.06. The van der Waals surface area contributed by atoms with Crippen molar-refractivity contribution < 1.29 is 9.90 Å². The van der Waals surface area contributed by atoms with Gasteiger partial charge in [0, 0.05) is 6.42 Å². The van der Waals surface area contributed by atoms with Gasteiger partial charge in [0.25, 0.3) is 0 Å². The molecule has 0 aliphatic rings. The zero-order chi connectivity index (χ0) is 14.2. The molecule has 0 saturated heterocycles. The smallest absolute Gasteiger partial charge is 0.313 e. The minimum absolute atomic E-state index is 0.537. The Morgan fingerprint density at radius 2 is 2.11 bits per heavy atom. The molecule has 0 spiro atoms. The van der Waals surface area contributed by atoms with E-state index in [2.05, 4.69) is 23.8 Å². The molecule has 102 valence electrons. The molecule has 0 radical (unpaired) electrons. The molecule has 0 saturated carbocycles. The molecule has 2 rings (SSSR count). The number of carboxylic acids is 1. The minimum atomic E-state index is -0.891. The number of hydrogen-bond donors (Lipinski definition) is 2. The third kappa shape index (κ3) is 2.62. The van der Waals surface area contributed by atoms with Crippen LogP contribution in [0.2, 0.25) is 0 Å². The maximum Gasteiger partial charge on any atom is 0.313 e. The quantitative estimate of drug-likeness (QED) is 0.887. The van der Waals surface area contributed by atoms with E-state index in [1.54, 1.807) is 13.8 Å². The molecule has 1 heterocycles. The molecule has 2 aromatic rings. The molecule has 4 heteroatoms. The van der Waals surface area contributed by atoms with E-state index < -0.39 is 11.4 Å². The number of benzene rings is 1. The minimum Gasteiger partial charge on any atom is -0.481 e. The number of carboxylic acid groups (broad SMARTS) is 1. The van der Waals surface area contributed by atoms with E-state index in [-0.39, 0.29) is 0 Å². The van der Waals surface area contributed by atoms with Gasteiger partial charge in [-0.15, -0.1) is 0 Å². The highest BCUT2D eigenvalue weighted by molar-refractivity contribution is 5.83. The fourth-order valence-corrected chi connectivity index (χ4v) is 2.06. The van der Waals surface area contributed by atoms with Crippen LogP contribution in [-0.4, -0.2) is 21.0 Å². The number of nitrogens with zero attached hydrogens (tertiary/aromatic N) is 1. The highest BCUT2D eigenvalue weighted by atomic mass is 16.4. The van der Waals surface area contributed by atoms with Crippen molar-refractivity contribution in [2.45, 2.75) is 39.5 Å². The summed E-state index contributed by atoms with van der Waals surface area (Å²) in [4.78, 5) is 19.1. The van der Waals surface area contributed by atoms with Crippen LogP contribution >= 0.6 is 0 Å². The van der Waals surface area contributed by atoms with Crippen LogP contribution in [0.25, 0.3) is 11.0 Å². The van der Waals surface area contributed by atoms with E-state index in [1.165, 1.54) is 0 Å². The molecule has 0 unspecified atom stereocenters. The second kappa shape index (κ2) is 4.68. The monoisotopic (exact) mass is 260 g/mol. The van der Waals surface area contributed by atoms with E-state index in [0.717, 1.165) is 28.8 Å². The molecular formula is C15H20N2O2. The van der Waals surface area contributed by atoms with Gasteiger partial charge in [-0.05, 0) is 37.5 Å². The zero-order valence-electron chi connectivity index (χ0n) is 11.8. The summed E-state index contributed by atoms with van der Waals surface area (Å²) in [6, 6.07) is 5.62. The summed E-state index contributed by atoms with van der Waals surface area (Å²) < 4.78 is 0. The third-order valence-corrected chi connectivity index (χ3v) is 3.39. The lowest BCUT2D eigenvalue weighted by atomic mass is 9.85. The van der Waals surface area contributed by atoms with E-state index in [1.807, 2.05) is 18.2 Å². The van der Waals surface area contributed by atoms with Gasteiger partial charge >= 0.3 is 5.97 Å². The van der Waals surface area contributed by atoms with Gasteiger partial charge in [-0.1, -0.05) is 19.9 Å².